The van der Waals surface area contributed by atoms with Crippen LogP contribution in [-0.2, 0) is 11.3 Å². The van der Waals surface area contributed by atoms with Crippen LogP contribution in [0.4, 0.5) is 4.39 Å². The fraction of sp³-hybridized carbons (Fsp3) is 0.414. The van der Waals surface area contributed by atoms with E-state index in [1.54, 1.807) is 26.0 Å². The first-order valence-electron chi connectivity index (χ1n) is 12.7. The van der Waals surface area contributed by atoms with Crippen LogP contribution in [0, 0.1) is 19.8 Å². The van der Waals surface area contributed by atoms with Crippen LogP contribution in [0.2, 0.25) is 5.02 Å². The van der Waals surface area contributed by atoms with Gasteiger partial charge in [0.1, 0.15) is 11.4 Å². The van der Waals surface area contributed by atoms with Gasteiger partial charge in [0.25, 0.3) is 0 Å². The van der Waals surface area contributed by atoms with Crippen LogP contribution in [-0.4, -0.2) is 33.0 Å². The van der Waals surface area contributed by atoms with Gasteiger partial charge in [-0.05, 0) is 83.1 Å². The summed E-state index contributed by atoms with van der Waals surface area (Å²) in [6.07, 6.45) is 6.78. The SMILES string of the molecule is CCOC(=O)c1ccc(-c2cn(CC3CCC(C)(F)CC3)c3cc(-c4c(C)noc4C)cnc23)cc1Cl. The van der Waals surface area contributed by atoms with E-state index in [0.717, 1.165) is 64.1 Å². The molecule has 6 nitrogen and oxygen atoms in total. The molecule has 0 amide bonds. The molecule has 3 aromatic heterocycles. The monoisotopic (exact) mass is 523 g/mol. The maximum Gasteiger partial charge on any atom is 0.339 e. The van der Waals surface area contributed by atoms with Gasteiger partial charge in [-0.25, -0.2) is 9.18 Å². The number of aromatic nitrogens is 3. The first-order valence-corrected chi connectivity index (χ1v) is 13.1. The Morgan fingerprint density at radius 1 is 1.24 bits per heavy atom. The Balaban J connectivity index is 1.58. The maximum absolute atomic E-state index is 14.4. The summed E-state index contributed by atoms with van der Waals surface area (Å²) in [6, 6.07) is 7.47. The maximum atomic E-state index is 14.4. The number of aryl methyl sites for hydroxylation is 2. The van der Waals surface area contributed by atoms with Crippen molar-refractivity contribution >= 4 is 28.6 Å². The van der Waals surface area contributed by atoms with Crippen LogP contribution in [0.25, 0.3) is 33.3 Å². The van der Waals surface area contributed by atoms with Crippen molar-refractivity contribution in [2.24, 2.45) is 5.92 Å². The van der Waals surface area contributed by atoms with Crippen LogP contribution in [0.5, 0.6) is 0 Å². The van der Waals surface area contributed by atoms with E-state index in [0.29, 0.717) is 29.3 Å². The zero-order valence-corrected chi connectivity index (χ0v) is 22.4. The smallest absolute Gasteiger partial charge is 0.339 e. The van der Waals surface area contributed by atoms with Crippen molar-refractivity contribution < 1.29 is 18.4 Å². The average molecular weight is 524 g/mol. The lowest BCUT2D eigenvalue weighted by molar-refractivity contribution is 0.0526. The highest BCUT2D eigenvalue weighted by Crippen LogP contribution is 2.39. The highest BCUT2D eigenvalue weighted by molar-refractivity contribution is 6.34. The minimum absolute atomic E-state index is 0.282. The molecule has 8 heteroatoms. The fourth-order valence-electron chi connectivity index (χ4n) is 5.36. The number of fused-ring (bicyclic) bond motifs is 1. The van der Waals surface area contributed by atoms with E-state index in [1.807, 2.05) is 26.1 Å². The number of esters is 1. The third-order valence-corrected chi connectivity index (χ3v) is 7.73. The number of nitrogens with zero attached hydrogens (tertiary/aromatic N) is 3. The molecular formula is C29H31ClFN3O3. The predicted molar refractivity (Wildman–Crippen MR) is 143 cm³/mol. The van der Waals surface area contributed by atoms with Gasteiger partial charge < -0.3 is 13.8 Å². The van der Waals surface area contributed by atoms with Gasteiger partial charge in [0.05, 0.1) is 33.9 Å². The van der Waals surface area contributed by atoms with Crippen LogP contribution in [0.15, 0.2) is 41.2 Å². The largest absolute Gasteiger partial charge is 0.462 e. The van der Waals surface area contributed by atoms with Crippen LogP contribution in [0.1, 0.15) is 61.3 Å². The van der Waals surface area contributed by atoms with Crippen molar-refractivity contribution in [2.75, 3.05) is 6.61 Å². The Morgan fingerprint density at radius 2 is 2.00 bits per heavy atom. The summed E-state index contributed by atoms with van der Waals surface area (Å²) in [6.45, 7) is 8.34. The molecule has 0 spiro atoms. The molecule has 1 aromatic carbocycles. The van der Waals surface area contributed by atoms with Crippen molar-refractivity contribution in [1.82, 2.24) is 14.7 Å². The van der Waals surface area contributed by atoms with E-state index in [1.165, 1.54) is 0 Å². The van der Waals surface area contributed by atoms with Gasteiger partial charge in [0.15, 0.2) is 0 Å². The Labute approximate surface area is 220 Å². The minimum Gasteiger partial charge on any atom is -0.462 e. The molecule has 1 aliphatic rings. The van der Waals surface area contributed by atoms with Crippen molar-refractivity contribution in [1.29, 1.82) is 0 Å². The molecule has 1 aliphatic carbocycles. The molecule has 1 fully saturated rings. The molecule has 0 atom stereocenters. The first kappa shape index (κ1) is 25.5. The number of carbonyl (C=O) groups is 1. The summed E-state index contributed by atoms with van der Waals surface area (Å²) in [5, 5.41) is 4.43. The Kier molecular flexibility index (Phi) is 6.84. The summed E-state index contributed by atoms with van der Waals surface area (Å²) >= 11 is 6.50. The third kappa shape index (κ3) is 5.01. The van der Waals surface area contributed by atoms with Crippen molar-refractivity contribution in [2.45, 2.75) is 65.6 Å². The van der Waals surface area contributed by atoms with Crippen molar-refractivity contribution in [3.05, 3.63) is 58.7 Å². The van der Waals surface area contributed by atoms with E-state index in [2.05, 4.69) is 22.0 Å². The molecular weight excluding hydrogens is 493 g/mol. The molecule has 0 radical (unpaired) electrons. The minimum atomic E-state index is -1.07. The molecule has 5 rings (SSSR count). The van der Waals surface area contributed by atoms with Gasteiger partial charge in [-0.3, -0.25) is 4.98 Å². The number of rotatable bonds is 6. The normalized spacial score (nSPS) is 19.9. The topological polar surface area (TPSA) is 70.2 Å². The summed E-state index contributed by atoms with van der Waals surface area (Å²) in [4.78, 5) is 17.1. The Hall–Kier alpha value is -3.19. The predicted octanol–water partition coefficient (Wildman–Crippen LogP) is 7.72. The molecule has 0 bridgehead atoms. The first-order chi connectivity index (χ1) is 17.7. The number of ether oxygens (including phenoxy) is 1. The lowest BCUT2D eigenvalue weighted by atomic mass is 9.81. The molecule has 0 saturated heterocycles. The summed E-state index contributed by atoms with van der Waals surface area (Å²) in [7, 11) is 0. The number of halogens is 2. The molecule has 4 aromatic rings. The van der Waals surface area contributed by atoms with E-state index in [9.17, 15) is 9.18 Å². The van der Waals surface area contributed by atoms with Crippen molar-refractivity contribution in [3.63, 3.8) is 0 Å². The Morgan fingerprint density at radius 3 is 2.65 bits per heavy atom. The van der Waals surface area contributed by atoms with Crippen LogP contribution in [0.3, 0.4) is 0 Å². The molecule has 0 aliphatic heterocycles. The quantitative estimate of drug-likeness (QED) is 0.242. The molecule has 0 unspecified atom stereocenters. The second kappa shape index (κ2) is 9.93. The number of hydrogen-bond donors (Lipinski definition) is 0. The summed E-state index contributed by atoms with van der Waals surface area (Å²) in [5.74, 6) is 0.679. The number of hydrogen-bond acceptors (Lipinski definition) is 5. The number of pyridine rings is 1. The van der Waals surface area contributed by atoms with E-state index < -0.39 is 11.6 Å². The van der Waals surface area contributed by atoms with Crippen LogP contribution < -0.4 is 0 Å². The zero-order valence-electron chi connectivity index (χ0n) is 21.6. The number of benzene rings is 1. The van der Waals surface area contributed by atoms with E-state index in [-0.39, 0.29) is 6.61 Å². The van der Waals surface area contributed by atoms with E-state index >= 15 is 0 Å². The number of carbonyl (C=O) groups excluding carboxylic acids is 1. The summed E-state index contributed by atoms with van der Waals surface area (Å²) < 4.78 is 27.2. The second-order valence-corrected chi connectivity index (χ2v) is 10.7. The zero-order chi connectivity index (χ0) is 26.3. The van der Waals surface area contributed by atoms with Gasteiger partial charge in [-0.15, -0.1) is 0 Å². The third-order valence-electron chi connectivity index (χ3n) is 7.42. The van der Waals surface area contributed by atoms with Gasteiger partial charge in [0, 0.05) is 35.6 Å². The van der Waals surface area contributed by atoms with E-state index in [4.69, 9.17) is 25.8 Å². The van der Waals surface area contributed by atoms with Gasteiger partial charge in [0.2, 0.25) is 0 Å². The van der Waals surface area contributed by atoms with Crippen LogP contribution >= 0.6 is 11.6 Å². The fourth-order valence-corrected chi connectivity index (χ4v) is 5.62. The van der Waals surface area contributed by atoms with Gasteiger partial charge >= 0.3 is 5.97 Å². The molecule has 3 heterocycles. The Bertz CT molecular complexity index is 1440. The molecule has 0 N–H and O–H groups in total. The molecule has 194 valence electrons. The second-order valence-electron chi connectivity index (χ2n) is 10.3. The molecule has 37 heavy (non-hydrogen) atoms. The highest BCUT2D eigenvalue weighted by Gasteiger charge is 2.31. The van der Waals surface area contributed by atoms with Crippen molar-refractivity contribution in [3.8, 4) is 22.3 Å². The highest BCUT2D eigenvalue weighted by atomic mass is 35.5. The lowest BCUT2D eigenvalue weighted by Crippen LogP contribution is -2.27. The van der Waals surface area contributed by atoms with Gasteiger partial charge in [-0.1, -0.05) is 22.8 Å². The molecule has 1 saturated carbocycles. The summed E-state index contributed by atoms with van der Waals surface area (Å²) in [5.41, 5.74) is 5.54. The standard InChI is InChI=1S/C29H31ClFN3O3/c1-5-36-28(35)22-7-6-20(12-24(22)30)23-16-34(15-19-8-10-29(4,31)11-9-19)25-13-21(14-32-27(23)25)26-17(2)33-37-18(26)3/h6-7,12-14,16,19H,5,8-11,15H2,1-4H3. The van der Waals surface area contributed by atoms with Gasteiger partial charge in [-0.2, -0.15) is 0 Å². The lowest BCUT2D eigenvalue weighted by Gasteiger charge is -2.31. The number of alkyl halides is 1. The average Bonchev–Trinajstić information content (AvgIpc) is 3.39.